The van der Waals surface area contributed by atoms with Crippen LogP contribution in [-0.4, -0.2) is 12.0 Å². The topological polar surface area (TPSA) is 34.2 Å². The minimum atomic E-state index is 0.150. The number of hydrogen-bond donors (Lipinski definition) is 1. The normalized spacial score (nSPS) is 11.2. The van der Waals surface area contributed by atoms with Gasteiger partial charge in [0.1, 0.15) is 11.5 Å². The third-order valence-electron chi connectivity index (χ3n) is 3.27. The first kappa shape index (κ1) is 14.4. The van der Waals surface area contributed by atoms with Gasteiger partial charge in [-0.1, -0.05) is 32.9 Å². The highest BCUT2D eigenvalue weighted by molar-refractivity contribution is 5.47. The van der Waals surface area contributed by atoms with Gasteiger partial charge in [-0.15, -0.1) is 0 Å². The summed E-state index contributed by atoms with van der Waals surface area (Å²) in [4.78, 5) is 4.15. The third kappa shape index (κ3) is 3.29. The van der Waals surface area contributed by atoms with Crippen molar-refractivity contribution in [1.82, 2.24) is 4.98 Å². The van der Waals surface area contributed by atoms with E-state index in [1.165, 1.54) is 5.56 Å². The highest BCUT2D eigenvalue weighted by Crippen LogP contribution is 2.30. The van der Waals surface area contributed by atoms with Crippen LogP contribution in [0.15, 0.2) is 36.7 Å². The first-order valence-electron chi connectivity index (χ1n) is 6.82. The Labute approximate surface area is 121 Å². The summed E-state index contributed by atoms with van der Waals surface area (Å²) in [6.45, 7) is 8.70. The fourth-order valence-electron chi connectivity index (χ4n) is 1.97. The second kappa shape index (κ2) is 5.53. The molecule has 2 aromatic rings. The summed E-state index contributed by atoms with van der Waals surface area (Å²) in [5.41, 5.74) is 3.53. The lowest BCUT2D eigenvalue weighted by Gasteiger charge is -2.20. The van der Waals surface area contributed by atoms with E-state index in [1.807, 2.05) is 19.2 Å². The molecule has 0 saturated heterocycles. The Bertz CT molecular complexity index is 600. The van der Waals surface area contributed by atoms with E-state index in [0.29, 0.717) is 0 Å². The van der Waals surface area contributed by atoms with Crippen LogP contribution in [0.5, 0.6) is 11.5 Å². The molecular weight excluding hydrogens is 248 g/mol. The molecule has 1 aromatic carbocycles. The lowest BCUT2D eigenvalue weighted by molar-refractivity contribution is 0.475. The van der Waals surface area contributed by atoms with Crippen LogP contribution in [0, 0.1) is 6.92 Å². The van der Waals surface area contributed by atoms with E-state index in [1.54, 1.807) is 12.4 Å². The van der Waals surface area contributed by atoms with E-state index in [0.717, 1.165) is 22.7 Å². The maximum Gasteiger partial charge on any atom is 0.147 e. The summed E-state index contributed by atoms with van der Waals surface area (Å²) in [5.74, 6) is 1.61. The summed E-state index contributed by atoms with van der Waals surface area (Å²) in [5, 5.41) is 3.05. The van der Waals surface area contributed by atoms with Crippen LogP contribution in [0.3, 0.4) is 0 Å². The molecule has 3 heteroatoms. The van der Waals surface area contributed by atoms with E-state index in [-0.39, 0.29) is 5.41 Å². The highest BCUT2D eigenvalue weighted by atomic mass is 16.5. The van der Waals surface area contributed by atoms with Crippen molar-refractivity contribution in [2.24, 2.45) is 0 Å². The van der Waals surface area contributed by atoms with Gasteiger partial charge >= 0.3 is 0 Å². The average molecular weight is 270 g/mol. The summed E-state index contributed by atoms with van der Waals surface area (Å²) in [6.07, 6.45) is 3.49. The lowest BCUT2D eigenvalue weighted by atomic mass is 9.86. The van der Waals surface area contributed by atoms with Gasteiger partial charge in [-0.2, -0.15) is 0 Å². The van der Waals surface area contributed by atoms with Crippen LogP contribution in [0.4, 0.5) is 5.69 Å². The monoisotopic (exact) mass is 270 g/mol. The SMILES string of the molecule is CNc1cncc(Oc2ccc(C(C)(C)C)cc2C)c1. The van der Waals surface area contributed by atoms with Crippen LogP contribution < -0.4 is 10.1 Å². The summed E-state index contributed by atoms with van der Waals surface area (Å²) in [7, 11) is 1.87. The number of ether oxygens (including phenoxy) is 1. The number of aromatic nitrogens is 1. The summed E-state index contributed by atoms with van der Waals surface area (Å²) >= 11 is 0. The fraction of sp³-hybridized carbons (Fsp3) is 0.353. The molecule has 2 rings (SSSR count). The zero-order valence-corrected chi connectivity index (χ0v) is 12.8. The molecule has 0 aliphatic rings. The standard InChI is InChI=1S/C17H22N2O/c1-12-8-13(17(2,3)4)6-7-16(12)20-15-9-14(18-5)10-19-11-15/h6-11,18H,1-5H3. The maximum absolute atomic E-state index is 5.92. The molecule has 0 amide bonds. The molecule has 0 radical (unpaired) electrons. The van der Waals surface area contributed by atoms with Crippen LogP contribution >= 0.6 is 0 Å². The predicted molar refractivity (Wildman–Crippen MR) is 83.7 cm³/mol. The van der Waals surface area contributed by atoms with E-state index < -0.39 is 0 Å². The van der Waals surface area contributed by atoms with Gasteiger partial charge in [0.25, 0.3) is 0 Å². The molecule has 0 fully saturated rings. The van der Waals surface area contributed by atoms with Crippen LogP contribution in [0.1, 0.15) is 31.9 Å². The molecule has 3 nitrogen and oxygen atoms in total. The second-order valence-electron chi connectivity index (χ2n) is 5.99. The summed E-state index contributed by atoms with van der Waals surface area (Å²) in [6, 6.07) is 8.27. The molecule has 1 N–H and O–H groups in total. The van der Waals surface area contributed by atoms with Gasteiger partial charge in [0.2, 0.25) is 0 Å². The fourth-order valence-corrected chi connectivity index (χ4v) is 1.97. The number of aryl methyl sites for hydroxylation is 1. The van der Waals surface area contributed by atoms with Gasteiger partial charge < -0.3 is 10.1 Å². The van der Waals surface area contributed by atoms with E-state index in [9.17, 15) is 0 Å². The molecule has 0 atom stereocenters. The first-order valence-corrected chi connectivity index (χ1v) is 6.82. The number of anilines is 1. The molecule has 1 heterocycles. The number of nitrogens with one attached hydrogen (secondary N) is 1. The van der Waals surface area contributed by atoms with Gasteiger partial charge in [-0.25, -0.2) is 0 Å². The Kier molecular flexibility index (Phi) is 3.98. The van der Waals surface area contributed by atoms with Crippen molar-refractivity contribution in [2.45, 2.75) is 33.1 Å². The highest BCUT2D eigenvalue weighted by Gasteiger charge is 2.15. The Morgan fingerprint density at radius 3 is 2.45 bits per heavy atom. The number of hydrogen-bond acceptors (Lipinski definition) is 3. The molecule has 0 aliphatic carbocycles. The van der Waals surface area contributed by atoms with E-state index >= 15 is 0 Å². The summed E-state index contributed by atoms with van der Waals surface area (Å²) < 4.78 is 5.92. The third-order valence-corrected chi connectivity index (χ3v) is 3.27. The largest absolute Gasteiger partial charge is 0.455 e. The van der Waals surface area contributed by atoms with E-state index in [4.69, 9.17) is 4.74 Å². The molecule has 1 aromatic heterocycles. The van der Waals surface area contributed by atoms with Gasteiger partial charge in [0.15, 0.2) is 0 Å². The van der Waals surface area contributed by atoms with Crippen molar-refractivity contribution < 1.29 is 4.74 Å². The molecule has 106 valence electrons. The molecule has 0 spiro atoms. The average Bonchev–Trinajstić information content (AvgIpc) is 2.40. The van der Waals surface area contributed by atoms with Crippen molar-refractivity contribution in [2.75, 3.05) is 12.4 Å². The molecular formula is C17H22N2O. The zero-order valence-electron chi connectivity index (χ0n) is 12.8. The Morgan fingerprint density at radius 1 is 1.10 bits per heavy atom. The Balaban J connectivity index is 2.25. The van der Waals surface area contributed by atoms with Gasteiger partial charge in [-0.3, -0.25) is 4.98 Å². The molecule has 20 heavy (non-hydrogen) atoms. The minimum Gasteiger partial charge on any atom is -0.455 e. The number of benzene rings is 1. The molecule has 0 bridgehead atoms. The van der Waals surface area contributed by atoms with Gasteiger partial charge in [-0.05, 0) is 29.5 Å². The first-order chi connectivity index (χ1) is 9.40. The van der Waals surface area contributed by atoms with Gasteiger partial charge in [0, 0.05) is 13.1 Å². The van der Waals surface area contributed by atoms with E-state index in [2.05, 4.69) is 50.1 Å². The van der Waals surface area contributed by atoms with Crippen LogP contribution in [0.25, 0.3) is 0 Å². The Hall–Kier alpha value is -2.03. The van der Waals surface area contributed by atoms with Crippen molar-refractivity contribution in [1.29, 1.82) is 0 Å². The second-order valence-corrected chi connectivity index (χ2v) is 5.99. The van der Waals surface area contributed by atoms with Crippen molar-refractivity contribution >= 4 is 5.69 Å². The molecule has 0 saturated carbocycles. The molecule has 0 unspecified atom stereocenters. The number of rotatable bonds is 3. The quantitative estimate of drug-likeness (QED) is 0.890. The van der Waals surface area contributed by atoms with Crippen LogP contribution in [0.2, 0.25) is 0 Å². The molecule has 0 aliphatic heterocycles. The number of nitrogens with zero attached hydrogens (tertiary/aromatic N) is 1. The lowest BCUT2D eigenvalue weighted by Crippen LogP contribution is -2.11. The number of pyridine rings is 1. The van der Waals surface area contributed by atoms with Crippen LogP contribution in [-0.2, 0) is 5.41 Å². The van der Waals surface area contributed by atoms with Gasteiger partial charge in [0.05, 0.1) is 18.1 Å². The van der Waals surface area contributed by atoms with Crippen molar-refractivity contribution in [3.8, 4) is 11.5 Å². The predicted octanol–water partition coefficient (Wildman–Crippen LogP) is 4.52. The van der Waals surface area contributed by atoms with Crippen molar-refractivity contribution in [3.05, 3.63) is 47.8 Å². The zero-order chi connectivity index (χ0) is 14.8. The smallest absolute Gasteiger partial charge is 0.147 e. The van der Waals surface area contributed by atoms with Crippen molar-refractivity contribution in [3.63, 3.8) is 0 Å². The maximum atomic E-state index is 5.92. The minimum absolute atomic E-state index is 0.150. The Morgan fingerprint density at radius 2 is 1.85 bits per heavy atom.